The highest BCUT2D eigenvalue weighted by atomic mass is 16.6. The van der Waals surface area contributed by atoms with E-state index in [0.29, 0.717) is 13.0 Å². The van der Waals surface area contributed by atoms with Crippen molar-refractivity contribution in [2.24, 2.45) is 11.8 Å². The molecule has 0 spiro atoms. The van der Waals surface area contributed by atoms with Gasteiger partial charge >= 0.3 is 11.9 Å². The molecule has 18 heavy (non-hydrogen) atoms. The summed E-state index contributed by atoms with van der Waals surface area (Å²) in [7, 11) is 0. The topological polar surface area (TPSA) is 52.6 Å². The molecule has 4 heteroatoms. The SMILES string of the molecule is CCOC(=O)[C@H]1COC(=O)[C@@H]1Cc1ccccc1. The predicted octanol–water partition coefficient (Wildman–Crippen LogP) is 1.58. The van der Waals surface area contributed by atoms with Crippen molar-refractivity contribution in [3.05, 3.63) is 35.9 Å². The first-order valence-corrected chi connectivity index (χ1v) is 6.09. The van der Waals surface area contributed by atoms with Gasteiger partial charge in [-0.15, -0.1) is 0 Å². The molecule has 1 aromatic rings. The predicted molar refractivity (Wildman–Crippen MR) is 64.7 cm³/mol. The summed E-state index contributed by atoms with van der Waals surface area (Å²) in [4.78, 5) is 23.4. The Kier molecular flexibility index (Phi) is 3.97. The summed E-state index contributed by atoms with van der Waals surface area (Å²) in [6, 6.07) is 9.62. The Morgan fingerprint density at radius 2 is 2.11 bits per heavy atom. The fraction of sp³-hybridized carbons (Fsp3) is 0.429. The van der Waals surface area contributed by atoms with Crippen LogP contribution in [-0.4, -0.2) is 25.2 Å². The Labute approximate surface area is 106 Å². The van der Waals surface area contributed by atoms with E-state index in [1.807, 2.05) is 30.3 Å². The highest BCUT2D eigenvalue weighted by Crippen LogP contribution is 2.27. The van der Waals surface area contributed by atoms with E-state index < -0.39 is 11.8 Å². The fourth-order valence-electron chi connectivity index (χ4n) is 2.13. The minimum Gasteiger partial charge on any atom is -0.466 e. The molecule has 0 bridgehead atoms. The summed E-state index contributed by atoms with van der Waals surface area (Å²) in [6.45, 7) is 2.21. The van der Waals surface area contributed by atoms with Gasteiger partial charge in [-0.3, -0.25) is 9.59 Å². The lowest BCUT2D eigenvalue weighted by Crippen LogP contribution is -2.27. The van der Waals surface area contributed by atoms with Gasteiger partial charge in [-0.1, -0.05) is 30.3 Å². The molecule has 1 aromatic carbocycles. The molecule has 96 valence electrons. The van der Waals surface area contributed by atoms with Gasteiger partial charge < -0.3 is 9.47 Å². The quantitative estimate of drug-likeness (QED) is 0.759. The molecule has 0 N–H and O–H groups in total. The number of benzene rings is 1. The van der Waals surface area contributed by atoms with Gasteiger partial charge in [-0.2, -0.15) is 0 Å². The van der Waals surface area contributed by atoms with Crippen LogP contribution in [0.1, 0.15) is 12.5 Å². The third kappa shape index (κ3) is 2.70. The van der Waals surface area contributed by atoms with Crippen LogP contribution in [0.2, 0.25) is 0 Å². The van der Waals surface area contributed by atoms with Gasteiger partial charge in [-0.25, -0.2) is 0 Å². The fourth-order valence-corrected chi connectivity index (χ4v) is 2.13. The highest BCUT2D eigenvalue weighted by molar-refractivity contribution is 5.85. The zero-order valence-electron chi connectivity index (χ0n) is 10.3. The minimum atomic E-state index is -0.474. The van der Waals surface area contributed by atoms with Gasteiger partial charge in [-0.05, 0) is 18.9 Å². The monoisotopic (exact) mass is 248 g/mol. The lowest BCUT2D eigenvalue weighted by Gasteiger charge is -2.13. The average Bonchev–Trinajstić information content (AvgIpc) is 2.73. The lowest BCUT2D eigenvalue weighted by atomic mass is 9.89. The minimum absolute atomic E-state index is 0.134. The maximum Gasteiger partial charge on any atom is 0.313 e. The molecule has 1 aliphatic rings. The van der Waals surface area contributed by atoms with E-state index in [-0.39, 0.29) is 18.5 Å². The van der Waals surface area contributed by atoms with Crippen molar-refractivity contribution < 1.29 is 19.1 Å². The van der Waals surface area contributed by atoms with Crippen LogP contribution < -0.4 is 0 Å². The smallest absolute Gasteiger partial charge is 0.313 e. The molecule has 0 aliphatic carbocycles. The molecule has 0 amide bonds. The molecule has 2 atom stereocenters. The second kappa shape index (κ2) is 5.67. The Hall–Kier alpha value is -1.84. The number of carbonyl (C=O) groups excluding carboxylic acids is 2. The summed E-state index contributed by atoms with van der Waals surface area (Å²) in [5.41, 5.74) is 1.02. The van der Waals surface area contributed by atoms with Gasteiger partial charge in [0.15, 0.2) is 0 Å². The van der Waals surface area contributed by atoms with E-state index in [9.17, 15) is 9.59 Å². The van der Waals surface area contributed by atoms with E-state index in [2.05, 4.69) is 0 Å². The largest absolute Gasteiger partial charge is 0.466 e. The molecular formula is C14H16O4. The van der Waals surface area contributed by atoms with Gasteiger partial charge in [0, 0.05) is 0 Å². The lowest BCUT2D eigenvalue weighted by molar-refractivity contribution is -0.149. The van der Waals surface area contributed by atoms with Crippen molar-refractivity contribution in [2.75, 3.05) is 13.2 Å². The van der Waals surface area contributed by atoms with Crippen molar-refractivity contribution in [3.8, 4) is 0 Å². The maximum atomic E-state index is 11.7. The second-order valence-corrected chi connectivity index (χ2v) is 4.28. The van der Waals surface area contributed by atoms with Crippen LogP contribution in [-0.2, 0) is 25.5 Å². The zero-order chi connectivity index (χ0) is 13.0. The summed E-state index contributed by atoms with van der Waals surface area (Å²) in [6.07, 6.45) is 0.517. The molecule has 1 heterocycles. The Morgan fingerprint density at radius 3 is 2.78 bits per heavy atom. The van der Waals surface area contributed by atoms with Crippen molar-refractivity contribution in [1.82, 2.24) is 0 Å². The summed E-state index contributed by atoms with van der Waals surface area (Å²) < 4.78 is 9.95. The van der Waals surface area contributed by atoms with Gasteiger partial charge in [0.05, 0.1) is 12.5 Å². The van der Waals surface area contributed by atoms with Crippen molar-refractivity contribution in [2.45, 2.75) is 13.3 Å². The van der Waals surface area contributed by atoms with Crippen molar-refractivity contribution >= 4 is 11.9 Å². The van der Waals surface area contributed by atoms with E-state index in [1.54, 1.807) is 6.92 Å². The summed E-state index contributed by atoms with van der Waals surface area (Å²) in [5, 5.41) is 0. The van der Waals surface area contributed by atoms with Crippen LogP contribution in [0, 0.1) is 11.8 Å². The maximum absolute atomic E-state index is 11.7. The van der Waals surface area contributed by atoms with Crippen LogP contribution >= 0.6 is 0 Å². The van der Waals surface area contributed by atoms with Crippen LogP contribution in [0.15, 0.2) is 30.3 Å². The number of hydrogen-bond donors (Lipinski definition) is 0. The number of rotatable bonds is 4. The normalized spacial score (nSPS) is 22.6. The number of cyclic esters (lactones) is 1. The standard InChI is InChI=1S/C14H16O4/c1-2-17-14(16)12-9-18-13(15)11(12)8-10-6-4-3-5-7-10/h3-7,11-12H,2,8-9H2,1H3/t11-,12+/m1/s1. The van der Waals surface area contributed by atoms with Gasteiger partial charge in [0.2, 0.25) is 0 Å². The first-order valence-electron chi connectivity index (χ1n) is 6.09. The van der Waals surface area contributed by atoms with Crippen molar-refractivity contribution in [1.29, 1.82) is 0 Å². The molecule has 2 rings (SSSR count). The molecule has 1 fully saturated rings. The Balaban J connectivity index is 2.08. The number of ether oxygens (including phenoxy) is 2. The highest BCUT2D eigenvalue weighted by Gasteiger charge is 2.42. The number of carbonyl (C=O) groups is 2. The van der Waals surface area contributed by atoms with Gasteiger partial charge in [0.25, 0.3) is 0 Å². The van der Waals surface area contributed by atoms with Gasteiger partial charge in [0.1, 0.15) is 12.5 Å². The van der Waals surface area contributed by atoms with Crippen molar-refractivity contribution in [3.63, 3.8) is 0 Å². The Morgan fingerprint density at radius 1 is 1.39 bits per heavy atom. The van der Waals surface area contributed by atoms with Crippen LogP contribution in [0.3, 0.4) is 0 Å². The van der Waals surface area contributed by atoms with E-state index in [1.165, 1.54) is 0 Å². The third-order valence-corrected chi connectivity index (χ3v) is 3.08. The molecule has 0 radical (unpaired) electrons. The molecule has 0 saturated carbocycles. The van der Waals surface area contributed by atoms with Crippen LogP contribution in [0.4, 0.5) is 0 Å². The molecule has 4 nitrogen and oxygen atoms in total. The first kappa shape index (κ1) is 12.6. The second-order valence-electron chi connectivity index (χ2n) is 4.28. The summed E-state index contributed by atoms with van der Waals surface area (Å²) in [5.74, 6) is -1.55. The average molecular weight is 248 g/mol. The number of hydrogen-bond acceptors (Lipinski definition) is 4. The third-order valence-electron chi connectivity index (χ3n) is 3.08. The summed E-state index contributed by atoms with van der Waals surface area (Å²) >= 11 is 0. The van der Waals surface area contributed by atoms with E-state index >= 15 is 0 Å². The molecule has 0 unspecified atom stereocenters. The van der Waals surface area contributed by atoms with E-state index in [4.69, 9.17) is 9.47 Å². The van der Waals surface area contributed by atoms with E-state index in [0.717, 1.165) is 5.56 Å². The zero-order valence-corrected chi connectivity index (χ0v) is 10.3. The first-order chi connectivity index (χ1) is 8.72. The Bertz CT molecular complexity index is 427. The molecule has 1 aliphatic heterocycles. The number of esters is 2. The molecule has 1 saturated heterocycles. The molecular weight excluding hydrogens is 232 g/mol. The van der Waals surface area contributed by atoms with Crippen LogP contribution in [0.5, 0.6) is 0 Å². The van der Waals surface area contributed by atoms with Crippen LogP contribution in [0.25, 0.3) is 0 Å². The molecule has 0 aromatic heterocycles.